The van der Waals surface area contributed by atoms with E-state index in [9.17, 15) is 0 Å². The molecule has 2 N–H and O–H groups in total. The van der Waals surface area contributed by atoms with Crippen LogP contribution in [0.1, 0.15) is 31.4 Å². The van der Waals surface area contributed by atoms with Crippen molar-refractivity contribution >= 4 is 0 Å². The zero-order valence-corrected chi connectivity index (χ0v) is 11.2. The molecule has 1 saturated heterocycles. The second-order valence-corrected chi connectivity index (χ2v) is 5.98. The van der Waals surface area contributed by atoms with Gasteiger partial charge in [0.2, 0.25) is 0 Å². The van der Waals surface area contributed by atoms with Crippen molar-refractivity contribution in [2.75, 3.05) is 13.1 Å². The van der Waals surface area contributed by atoms with Gasteiger partial charge in [0.15, 0.2) is 0 Å². The number of nitrogens with zero attached hydrogens (tertiary/aromatic N) is 1. The second kappa shape index (κ2) is 4.79. The predicted octanol–water partition coefficient (Wildman–Crippen LogP) is 2.55. The third-order valence-corrected chi connectivity index (χ3v) is 3.95. The third kappa shape index (κ3) is 2.88. The molecule has 0 saturated carbocycles. The number of hydrogen-bond donors (Lipinski definition) is 1. The van der Waals surface area contributed by atoms with Crippen LogP contribution in [0.3, 0.4) is 0 Å². The number of aryl methyl sites for hydroxylation is 1. The first kappa shape index (κ1) is 12.6. The van der Waals surface area contributed by atoms with Crippen LogP contribution in [-0.2, 0) is 6.54 Å². The summed E-state index contributed by atoms with van der Waals surface area (Å²) in [5.41, 5.74) is 8.82. The fourth-order valence-corrected chi connectivity index (χ4v) is 2.81. The molecule has 2 rings (SSSR count). The molecule has 1 aromatic carbocycles. The van der Waals surface area contributed by atoms with Crippen molar-refractivity contribution < 1.29 is 0 Å². The standard InChI is InChI=1S/C15H24N2/c1-12-4-6-13(7-5-12)10-17-11-14(9-16)8-15(17,2)3/h4-7,14H,8-11,16H2,1-3H3. The summed E-state index contributed by atoms with van der Waals surface area (Å²) in [6, 6.07) is 8.86. The molecule has 17 heavy (non-hydrogen) atoms. The Morgan fingerprint density at radius 3 is 2.47 bits per heavy atom. The Hall–Kier alpha value is -0.860. The highest BCUT2D eigenvalue weighted by molar-refractivity contribution is 5.21. The lowest BCUT2D eigenvalue weighted by molar-refractivity contribution is 0.166. The highest BCUT2D eigenvalue weighted by Gasteiger charge is 2.37. The van der Waals surface area contributed by atoms with Crippen LogP contribution in [0.5, 0.6) is 0 Å². The Balaban J connectivity index is 2.05. The third-order valence-electron chi connectivity index (χ3n) is 3.95. The van der Waals surface area contributed by atoms with E-state index in [0.29, 0.717) is 5.92 Å². The van der Waals surface area contributed by atoms with Crippen molar-refractivity contribution in [1.29, 1.82) is 0 Å². The van der Waals surface area contributed by atoms with E-state index in [2.05, 4.69) is 49.9 Å². The first-order valence-electron chi connectivity index (χ1n) is 6.52. The van der Waals surface area contributed by atoms with Gasteiger partial charge in [0.05, 0.1) is 0 Å². The minimum Gasteiger partial charge on any atom is -0.330 e. The first-order valence-corrected chi connectivity index (χ1v) is 6.52. The molecule has 0 amide bonds. The van der Waals surface area contributed by atoms with Crippen molar-refractivity contribution in [3.63, 3.8) is 0 Å². The average molecular weight is 232 g/mol. The molecule has 1 aliphatic rings. The van der Waals surface area contributed by atoms with Crippen molar-refractivity contribution in [3.8, 4) is 0 Å². The number of benzene rings is 1. The van der Waals surface area contributed by atoms with E-state index in [1.807, 2.05) is 0 Å². The zero-order chi connectivity index (χ0) is 12.5. The van der Waals surface area contributed by atoms with Gasteiger partial charge in [-0.25, -0.2) is 0 Å². The number of likely N-dealkylation sites (tertiary alicyclic amines) is 1. The highest BCUT2D eigenvalue weighted by atomic mass is 15.2. The van der Waals surface area contributed by atoms with Crippen LogP contribution in [0.4, 0.5) is 0 Å². The van der Waals surface area contributed by atoms with Crippen LogP contribution in [-0.4, -0.2) is 23.5 Å². The van der Waals surface area contributed by atoms with Crippen LogP contribution < -0.4 is 5.73 Å². The van der Waals surface area contributed by atoms with E-state index in [1.54, 1.807) is 0 Å². The topological polar surface area (TPSA) is 29.3 Å². The average Bonchev–Trinajstić information content (AvgIpc) is 2.57. The van der Waals surface area contributed by atoms with Gasteiger partial charge in [-0.2, -0.15) is 0 Å². The van der Waals surface area contributed by atoms with Crippen LogP contribution in [0.15, 0.2) is 24.3 Å². The quantitative estimate of drug-likeness (QED) is 0.868. The molecule has 0 aromatic heterocycles. The summed E-state index contributed by atoms with van der Waals surface area (Å²) in [5.74, 6) is 0.662. The maximum Gasteiger partial charge on any atom is 0.0239 e. The molecule has 1 fully saturated rings. The van der Waals surface area contributed by atoms with E-state index in [4.69, 9.17) is 5.73 Å². The second-order valence-electron chi connectivity index (χ2n) is 5.98. The summed E-state index contributed by atoms with van der Waals surface area (Å²) in [4.78, 5) is 2.56. The summed E-state index contributed by atoms with van der Waals surface area (Å²) in [5, 5.41) is 0. The Morgan fingerprint density at radius 1 is 1.29 bits per heavy atom. The van der Waals surface area contributed by atoms with Gasteiger partial charge in [-0.1, -0.05) is 29.8 Å². The molecular weight excluding hydrogens is 208 g/mol. The van der Waals surface area contributed by atoms with E-state index in [-0.39, 0.29) is 5.54 Å². The van der Waals surface area contributed by atoms with Gasteiger partial charge in [-0.3, -0.25) is 4.90 Å². The number of rotatable bonds is 3. The minimum atomic E-state index is 0.287. The number of hydrogen-bond acceptors (Lipinski definition) is 2. The maximum absolute atomic E-state index is 5.80. The Bertz CT molecular complexity index is 367. The van der Waals surface area contributed by atoms with Crippen molar-refractivity contribution in [3.05, 3.63) is 35.4 Å². The molecule has 1 aromatic rings. The first-order chi connectivity index (χ1) is 8.01. The monoisotopic (exact) mass is 232 g/mol. The van der Waals surface area contributed by atoms with Gasteiger partial charge in [0.1, 0.15) is 0 Å². The van der Waals surface area contributed by atoms with Crippen LogP contribution in [0.25, 0.3) is 0 Å². The molecule has 1 aliphatic heterocycles. The van der Waals surface area contributed by atoms with Gasteiger partial charge >= 0.3 is 0 Å². The molecule has 1 atom stereocenters. The molecule has 2 heteroatoms. The normalized spacial score (nSPS) is 24.1. The lowest BCUT2D eigenvalue weighted by atomic mass is 9.96. The van der Waals surface area contributed by atoms with Gasteiger partial charge in [0, 0.05) is 18.6 Å². The summed E-state index contributed by atoms with van der Waals surface area (Å²) in [6.07, 6.45) is 1.22. The van der Waals surface area contributed by atoms with Gasteiger partial charge in [-0.05, 0) is 45.2 Å². The Morgan fingerprint density at radius 2 is 1.94 bits per heavy atom. The molecule has 94 valence electrons. The summed E-state index contributed by atoms with van der Waals surface area (Å²) in [7, 11) is 0. The molecule has 0 spiro atoms. The Labute approximate surface area is 105 Å². The summed E-state index contributed by atoms with van der Waals surface area (Å²) >= 11 is 0. The van der Waals surface area contributed by atoms with Crippen LogP contribution in [0, 0.1) is 12.8 Å². The fraction of sp³-hybridized carbons (Fsp3) is 0.600. The smallest absolute Gasteiger partial charge is 0.0239 e. The lowest BCUT2D eigenvalue weighted by Gasteiger charge is -2.31. The fourth-order valence-electron chi connectivity index (χ4n) is 2.81. The van der Waals surface area contributed by atoms with Crippen LogP contribution >= 0.6 is 0 Å². The molecule has 2 nitrogen and oxygen atoms in total. The molecular formula is C15H24N2. The zero-order valence-electron chi connectivity index (χ0n) is 11.2. The molecule has 1 heterocycles. The molecule has 0 radical (unpaired) electrons. The highest BCUT2D eigenvalue weighted by Crippen LogP contribution is 2.33. The summed E-state index contributed by atoms with van der Waals surface area (Å²) in [6.45, 7) is 9.79. The predicted molar refractivity (Wildman–Crippen MR) is 72.8 cm³/mol. The van der Waals surface area contributed by atoms with E-state index in [0.717, 1.165) is 19.6 Å². The summed E-state index contributed by atoms with van der Waals surface area (Å²) < 4.78 is 0. The van der Waals surface area contributed by atoms with Crippen molar-refractivity contribution in [1.82, 2.24) is 4.90 Å². The number of nitrogens with two attached hydrogens (primary N) is 1. The maximum atomic E-state index is 5.80. The van der Waals surface area contributed by atoms with Gasteiger partial charge in [0.25, 0.3) is 0 Å². The SMILES string of the molecule is Cc1ccc(CN2CC(CN)CC2(C)C)cc1. The molecule has 1 unspecified atom stereocenters. The molecule has 0 bridgehead atoms. The minimum absolute atomic E-state index is 0.287. The van der Waals surface area contributed by atoms with E-state index >= 15 is 0 Å². The lowest BCUT2D eigenvalue weighted by Crippen LogP contribution is -2.37. The van der Waals surface area contributed by atoms with Crippen LogP contribution in [0.2, 0.25) is 0 Å². The Kier molecular flexibility index (Phi) is 3.55. The van der Waals surface area contributed by atoms with Gasteiger partial charge in [-0.15, -0.1) is 0 Å². The van der Waals surface area contributed by atoms with Crippen molar-refractivity contribution in [2.45, 2.75) is 39.3 Å². The van der Waals surface area contributed by atoms with E-state index < -0.39 is 0 Å². The largest absolute Gasteiger partial charge is 0.330 e. The van der Waals surface area contributed by atoms with Gasteiger partial charge < -0.3 is 5.73 Å². The van der Waals surface area contributed by atoms with Crippen molar-refractivity contribution in [2.24, 2.45) is 11.7 Å². The molecule has 0 aliphatic carbocycles. The van der Waals surface area contributed by atoms with E-state index in [1.165, 1.54) is 17.5 Å².